The van der Waals surface area contributed by atoms with E-state index >= 15 is 0 Å². The Morgan fingerprint density at radius 1 is 1.03 bits per heavy atom. The van der Waals surface area contributed by atoms with Gasteiger partial charge in [0.2, 0.25) is 0 Å². The Balaban J connectivity index is 1.59. The fraction of sp³-hybridized carbons (Fsp3) is 0.667. The second-order valence-electron chi connectivity index (χ2n) is 11.7. The normalized spacial score (nSPS) is 45.0. The zero-order chi connectivity index (χ0) is 22.9. The zero-order valence-corrected chi connectivity index (χ0v) is 19.4. The summed E-state index contributed by atoms with van der Waals surface area (Å²) >= 11 is 0. The Morgan fingerprint density at radius 2 is 1.75 bits per heavy atom. The van der Waals surface area contributed by atoms with Crippen LogP contribution < -0.4 is 0 Å². The number of carboxylic acids is 1. The number of carbonyl (C=O) groups excluding carboxylic acids is 2. The standard InChI is InChI=1S/C27H34O5/c1-24-12-13-27(16-24)18(15-20(24)28)14-19(32-22(29)17-8-5-4-6-9-17)21-25(2,23(30)31)10-7-11-26(21,27)3/h4-6,8-9,18-19,21H,7,10-16H2,1-3H3,(H,30,31)/t18-,19-,21+,24+,25+,26+,27+/m1/s1. The van der Waals surface area contributed by atoms with Crippen molar-refractivity contribution in [3.63, 3.8) is 0 Å². The van der Waals surface area contributed by atoms with Crippen molar-refractivity contribution in [2.24, 2.45) is 33.5 Å². The average molecular weight is 439 g/mol. The SMILES string of the molecule is C[C@]12CC[C@]3(C1)[C@@H](CC2=O)C[C@@H](OC(=O)c1ccccc1)[C@@H]1[C@]3(C)CCC[C@]1(C)C(=O)O. The first-order valence-electron chi connectivity index (χ1n) is 12.1. The van der Waals surface area contributed by atoms with E-state index in [1.54, 1.807) is 24.3 Å². The number of carbonyl (C=O) groups is 3. The fourth-order valence-electron chi connectivity index (χ4n) is 8.66. The summed E-state index contributed by atoms with van der Waals surface area (Å²) < 4.78 is 6.16. The van der Waals surface area contributed by atoms with Gasteiger partial charge in [-0.3, -0.25) is 9.59 Å². The molecule has 0 aromatic heterocycles. The third-order valence-electron chi connectivity index (χ3n) is 10.3. The number of carboxylic acid groups (broad SMARTS) is 1. The summed E-state index contributed by atoms with van der Waals surface area (Å²) in [5.41, 5.74) is -1.08. The monoisotopic (exact) mass is 438 g/mol. The van der Waals surface area contributed by atoms with Crippen LogP contribution in [0.5, 0.6) is 0 Å². The molecule has 7 atom stereocenters. The maximum Gasteiger partial charge on any atom is 0.338 e. The molecule has 5 heteroatoms. The van der Waals surface area contributed by atoms with Crippen LogP contribution in [0.2, 0.25) is 0 Å². The van der Waals surface area contributed by atoms with Crippen molar-refractivity contribution in [2.75, 3.05) is 0 Å². The van der Waals surface area contributed by atoms with Gasteiger partial charge < -0.3 is 9.84 Å². The second-order valence-corrected chi connectivity index (χ2v) is 11.7. The highest BCUT2D eigenvalue weighted by atomic mass is 16.5. The van der Waals surface area contributed by atoms with Gasteiger partial charge in [0.25, 0.3) is 0 Å². The fourth-order valence-corrected chi connectivity index (χ4v) is 8.66. The molecule has 1 N–H and O–H groups in total. The van der Waals surface area contributed by atoms with E-state index in [2.05, 4.69) is 13.8 Å². The van der Waals surface area contributed by atoms with Crippen LogP contribution in [0, 0.1) is 33.5 Å². The second kappa shape index (κ2) is 6.91. The molecule has 4 saturated carbocycles. The summed E-state index contributed by atoms with van der Waals surface area (Å²) in [5, 5.41) is 10.4. The van der Waals surface area contributed by atoms with Gasteiger partial charge in [0.05, 0.1) is 11.0 Å². The third kappa shape index (κ3) is 2.72. The molecular weight excluding hydrogens is 404 g/mol. The number of fused-ring (bicyclic) bond motifs is 2. The van der Waals surface area contributed by atoms with Gasteiger partial charge in [0, 0.05) is 17.8 Å². The summed E-state index contributed by atoms with van der Waals surface area (Å²) in [7, 11) is 0. The highest BCUT2D eigenvalue weighted by molar-refractivity contribution is 5.89. The molecule has 0 amide bonds. The smallest absolute Gasteiger partial charge is 0.338 e. The van der Waals surface area contributed by atoms with Gasteiger partial charge >= 0.3 is 11.9 Å². The molecule has 2 bridgehead atoms. The van der Waals surface area contributed by atoms with Gasteiger partial charge in [-0.2, -0.15) is 0 Å². The van der Waals surface area contributed by atoms with Crippen molar-refractivity contribution in [3.05, 3.63) is 35.9 Å². The van der Waals surface area contributed by atoms with Crippen LogP contribution in [-0.2, 0) is 14.3 Å². The van der Waals surface area contributed by atoms with Crippen molar-refractivity contribution in [2.45, 2.75) is 78.2 Å². The topological polar surface area (TPSA) is 80.7 Å². The molecule has 1 spiro atoms. The number of benzene rings is 1. The number of aliphatic carboxylic acids is 1. The summed E-state index contributed by atoms with van der Waals surface area (Å²) in [6.45, 7) is 6.23. The van der Waals surface area contributed by atoms with E-state index in [0.717, 1.165) is 32.1 Å². The van der Waals surface area contributed by atoms with E-state index < -0.39 is 23.5 Å². The Kier molecular flexibility index (Phi) is 4.68. The van der Waals surface area contributed by atoms with Gasteiger partial charge in [-0.15, -0.1) is 0 Å². The molecule has 4 aliphatic carbocycles. The van der Waals surface area contributed by atoms with Crippen molar-refractivity contribution < 1.29 is 24.2 Å². The van der Waals surface area contributed by atoms with Crippen LogP contribution in [0.15, 0.2) is 30.3 Å². The molecule has 5 nitrogen and oxygen atoms in total. The lowest BCUT2D eigenvalue weighted by atomic mass is 9.37. The predicted octanol–water partition coefficient (Wildman–Crippen LogP) is 5.28. The lowest BCUT2D eigenvalue weighted by Crippen LogP contribution is -2.66. The first kappa shape index (κ1) is 21.7. The molecule has 172 valence electrons. The number of esters is 1. The maximum atomic E-state index is 13.1. The largest absolute Gasteiger partial charge is 0.481 e. The van der Waals surface area contributed by atoms with Crippen LogP contribution in [0.4, 0.5) is 0 Å². The molecule has 4 aliphatic rings. The van der Waals surface area contributed by atoms with E-state index in [1.165, 1.54) is 0 Å². The van der Waals surface area contributed by atoms with Crippen LogP contribution in [0.1, 0.15) is 82.5 Å². The number of ketones is 1. The maximum absolute atomic E-state index is 13.1. The van der Waals surface area contributed by atoms with Gasteiger partial charge in [0.1, 0.15) is 11.9 Å². The molecule has 0 saturated heterocycles. The molecule has 0 aliphatic heterocycles. The van der Waals surface area contributed by atoms with Gasteiger partial charge in [-0.25, -0.2) is 4.79 Å². The minimum atomic E-state index is -0.950. The van der Waals surface area contributed by atoms with E-state index in [9.17, 15) is 19.5 Å². The lowest BCUT2D eigenvalue weighted by Gasteiger charge is -2.67. The van der Waals surface area contributed by atoms with Crippen molar-refractivity contribution in [3.8, 4) is 0 Å². The minimum Gasteiger partial charge on any atom is -0.481 e. The number of ether oxygens (including phenoxy) is 1. The average Bonchev–Trinajstić information content (AvgIpc) is 3.08. The van der Waals surface area contributed by atoms with Gasteiger partial charge in [-0.05, 0) is 74.3 Å². The van der Waals surface area contributed by atoms with Crippen LogP contribution >= 0.6 is 0 Å². The molecule has 5 rings (SSSR count). The number of hydrogen-bond acceptors (Lipinski definition) is 4. The minimum absolute atomic E-state index is 0.0485. The lowest BCUT2D eigenvalue weighted by molar-refractivity contribution is -0.224. The molecule has 1 aromatic carbocycles. The quantitative estimate of drug-likeness (QED) is 0.650. The summed E-state index contributed by atoms with van der Waals surface area (Å²) in [5.74, 6) is -0.970. The molecule has 0 heterocycles. The summed E-state index contributed by atoms with van der Waals surface area (Å²) in [6, 6.07) is 8.92. The number of Topliss-reactive ketones (excluding diaryl/α,β-unsaturated/α-hetero) is 1. The summed E-state index contributed by atoms with van der Waals surface area (Å²) in [6.07, 6.45) is 5.72. The number of rotatable bonds is 3. The first-order chi connectivity index (χ1) is 15.1. The molecule has 1 aromatic rings. The Bertz CT molecular complexity index is 972. The van der Waals surface area contributed by atoms with E-state index in [-0.39, 0.29) is 28.1 Å². The first-order valence-corrected chi connectivity index (χ1v) is 12.1. The van der Waals surface area contributed by atoms with Crippen LogP contribution in [-0.4, -0.2) is 28.9 Å². The van der Waals surface area contributed by atoms with Gasteiger partial charge in [0.15, 0.2) is 0 Å². The van der Waals surface area contributed by atoms with Crippen LogP contribution in [0.25, 0.3) is 0 Å². The summed E-state index contributed by atoms with van der Waals surface area (Å²) in [4.78, 5) is 38.8. The Hall–Kier alpha value is -2.17. The van der Waals surface area contributed by atoms with Crippen LogP contribution in [0.3, 0.4) is 0 Å². The molecule has 0 radical (unpaired) electrons. The zero-order valence-electron chi connectivity index (χ0n) is 19.4. The number of hydrogen-bond donors (Lipinski definition) is 1. The molecule has 0 unspecified atom stereocenters. The molecule has 4 fully saturated rings. The van der Waals surface area contributed by atoms with E-state index in [4.69, 9.17) is 4.74 Å². The third-order valence-corrected chi connectivity index (χ3v) is 10.3. The van der Waals surface area contributed by atoms with E-state index in [0.29, 0.717) is 30.6 Å². The highest BCUT2D eigenvalue weighted by Gasteiger charge is 2.73. The van der Waals surface area contributed by atoms with Crippen molar-refractivity contribution >= 4 is 17.7 Å². The highest BCUT2D eigenvalue weighted by Crippen LogP contribution is 2.75. The Labute approximate surface area is 189 Å². The van der Waals surface area contributed by atoms with Crippen molar-refractivity contribution in [1.29, 1.82) is 0 Å². The van der Waals surface area contributed by atoms with Crippen molar-refractivity contribution in [1.82, 2.24) is 0 Å². The molecule has 32 heavy (non-hydrogen) atoms. The Morgan fingerprint density at radius 3 is 2.44 bits per heavy atom. The van der Waals surface area contributed by atoms with Gasteiger partial charge in [-0.1, -0.05) is 38.5 Å². The predicted molar refractivity (Wildman–Crippen MR) is 119 cm³/mol. The van der Waals surface area contributed by atoms with E-state index in [1.807, 2.05) is 13.0 Å². The molecular formula is C27H34O5.